The van der Waals surface area contributed by atoms with Crippen molar-refractivity contribution in [2.24, 2.45) is 0 Å². The van der Waals surface area contributed by atoms with Gasteiger partial charge in [0.05, 0.1) is 10.7 Å². The lowest BCUT2D eigenvalue weighted by Gasteiger charge is -2.31. The molecule has 1 fully saturated rings. The zero-order valence-corrected chi connectivity index (χ0v) is 11.0. The van der Waals surface area contributed by atoms with Gasteiger partial charge >= 0.3 is 0 Å². The summed E-state index contributed by atoms with van der Waals surface area (Å²) in [5.74, 6) is 0. The molecule has 0 radical (unpaired) electrons. The third-order valence-electron chi connectivity index (χ3n) is 3.25. The minimum absolute atomic E-state index is 0.730. The summed E-state index contributed by atoms with van der Waals surface area (Å²) in [4.78, 5) is 7.08. The van der Waals surface area contributed by atoms with Crippen LogP contribution in [0.1, 0.15) is 30.5 Å². The van der Waals surface area contributed by atoms with Crippen LogP contribution in [-0.2, 0) is 13.0 Å². The summed E-state index contributed by atoms with van der Waals surface area (Å²) < 4.78 is 0. The van der Waals surface area contributed by atoms with Crippen LogP contribution in [0.4, 0.5) is 0 Å². The van der Waals surface area contributed by atoms with Gasteiger partial charge in [-0.2, -0.15) is 0 Å². The van der Waals surface area contributed by atoms with Gasteiger partial charge in [-0.3, -0.25) is 4.90 Å². The molecule has 1 aromatic heterocycles. The fourth-order valence-corrected chi connectivity index (χ4v) is 2.95. The Morgan fingerprint density at radius 3 is 2.88 bits per heavy atom. The fraction of sp³-hybridized carbons (Fsp3) is 0.750. The van der Waals surface area contributed by atoms with Gasteiger partial charge in [0, 0.05) is 18.0 Å². The van der Waals surface area contributed by atoms with Crippen LogP contribution < -0.4 is 5.32 Å². The van der Waals surface area contributed by atoms with E-state index in [2.05, 4.69) is 34.6 Å². The first-order valence-electron chi connectivity index (χ1n) is 6.14. The van der Waals surface area contributed by atoms with E-state index in [4.69, 9.17) is 0 Å². The molecule has 0 spiro atoms. The molecule has 0 aromatic carbocycles. The molecule has 0 atom stereocenters. The van der Waals surface area contributed by atoms with Crippen LogP contribution >= 0.6 is 11.3 Å². The summed E-state index contributed by atoms with van der Waals surface area (Å²) in [6.45, 7) is 5.48. The number of hydrogen-bond donors (Lipinski definition) is 1. The highest BCUT2D eigenvalue weighted by molar-refractivity contribution is 7.09. The Bertz CT molecular complexity index is 318. The number of aromatic nitrogens is 1. The SMILES string of the molecule is CCc1nc(CN(C)C2CCNCC2)cs1. The van der Waals surface area contributed by atoms with Crippen LogP contribution in [0.2, 0.25) is 0 Å². The van der Waals surface area contributed by atoms with Gasteiger partial charge in [-0.15, -0.1) is 11.3 Å². The first-order chi connectivity index (χ1) is 7.79. The second-order valence-corrected chi connectivity index (χ2v) is 5.43. The van der Waals surface area contributed by atoms with Crippen LogP contribution in [0.3, 0.4) is 0 Å². The van der Waals surface area contributed by atoms with E-state index >= 15 is 0 Å². The van der Waals surface area contributed by atoms with Gasteiger partial charge in [0.25, 0.3) is 0 Å². The topological polar surface area (TPSA) is 28.2 Å². The Hall–Kier alpha value is -0.450. The molecule has 1 aliphatic rings. The summed E-state index contributed by atoms with van der Waals surface area (Å²) in [7, 11) is 2.22. The maximum atomic E-state index is 4.62. The molecule has 1 aliphatic heterocycles. The molecule has 2 rings (SSSR count). The normalized spacial score (nSPS) is 18.2. The molecule has 0 amide bonds. The Labute approximate surface area is 102 Å². The predicted molar refractivity (Wildman–Crippen MR) is 68.9 cm³/mol. The van der Waals surface area contributed by atoms with Crippen molar-refractivity contribution in [3.63, 3.8) is 0 Å². The van der Waals surface area contributed by atoms with Crippen molar-refractivity contribution in [1.29, 1.82) is 0 Å². The van der Waals surface area contributed by atoms with Crippen molar-refractivity contribution in [3.05, 3.63) is 16.1 Å². The standard InChI is InChI=1S/C12H21N3S/c1-3-12-14-10(9-16-12)8-15(2)11-4-6-13-7-5-11/h9,11,13H,3-8H2,1-2H3. The number of aryl methyl sites for hydroxylation is 1. The molecule has 0 bridgehead atoms. The van der Waals surface area contributed by atoms with E-state index in [1.807, 2.05) is 0 Å². The van der Waals surface area contributed by atoms with Gasteiger partial charge < -0.3 is 5.32 Å². The highest BCUT2D eigenvalue weighted by Crippen LogP contribution is 2.16. The average molecular weight is 239 g/mol. The Balaban J connectivity index is 1.87. The van der Waals surface area contributed by atoms with Gasteiger partial charge in [-0.1, -0.05) is 6.92 Å². The molecule has 90 valence electrons. The molecule has 0 unspecified atom stereocenters. The van der Waals surface area contributed by atoms with Gasteiger partial charge in [0.2, 0.25) is 0 Å². The Kier molecular flexibility index (Phi) is 4.32. The van der Waals surface area contributed by atoms with E-state index in [0.29, 0.717) is 0 Å². The lowest BCUT2D eigenvalue weighted by molar-refractivity contribution is 0.190. The number of thiazole rings is 1. The van der Waals surface area contributed by atoms with Crippen molar-refractivity contribution >= 4 is 11.3 Å². The van der Waals surface area contributed by atoms with Gasteiger partial charge in [0.1, 0.15) is 0 Å². The summed E-state index contributed by atoms with van der Waals surface area (Å²) in [5.41, 5.74) is 1.24. The van der Waals surface area contributed by atoms with Crippen molar-refractivity contribution in [1.82, 2.24) is 15.2 Å². The van der Waals surface area contributed by atoms with Crippen LogP contribution in [0, 0.1) is 0 Å². The first kappa shape index (κ1) is 12.0. The molecular formula is C12H21N3S. The molecule has 0 saturated carbocycles. The van der Waals surface area contributed by atoms with Crippen LogP contribution in [0.5, 0.6) is 0 Å². The van der Waals surface area contributed by atoms with Crippen LogP contribution in [0.15, 0.2) is 5.38 Å². The minimum Gasteiger partial charge on any atom is -0.317 e. The number of hydrogen-bond acceptors (Lipinski definition) is 4. The van der Waals surface area contributed by atoms with E-state index in [9.17, 15) is 0 Å². The van der Waals surface area contributed by atoms with Crippen molar-refractivity contribution in [2.45, 2.75) is 38.8 Å². The quantitative estimate of drug-likeness (QED) is 0.869. The molecule has 2 heterocycles. The largest absolute Gasteiger partial charge is 0.317 e. The third kappa shape index (κ3) is 3.03. The summed E-state index contributed by atoms with van der Waals surface area (Å²) in [6, 6.07) is 0.730. The van der Waals surface area contributed by atoms with E-state index in [-0.39, 0.29) is 0 Å². The van der Waals surface area contributed by atoms with Gasteiger partial charge in [-0.05, 0) is 39.4 Å². The molecule has 0 aliphatic carbocycles. The van der Waals surface area contributed by atoms with Crippen LogP contribution in [-0.4, -0.2) is 36.1 Å². The zero-order valence-electron chi connectivity index (χ0n) is 10.2. The Morgan fingerprint density at radius 2 is 2.25 bits per heavy atom. The summed E-state index contributed by atoms with van der Waals surface area (Å²) >= 11 is 1.79. The maximum Gasteiger partial charge on any atom is 0.0926 e. The fourth-order valence-electron chi connectivity index (χ4n) is 2.22. The highest BCUT2D eigenvalue weighted by Gasteiger charge is 2.18. The van der Waals surface area contributed by atoms with E-state index in [0.717, 1.165) is 32.1 Å². The van der Waals surface area contributed by atoms with E-state index in [1.165, 1.54) is 23.5 Å². The van der Waals surface area contributed by atoms with Gasteiger partial charge in [0.15, 0.2) is 0 Å². The second kappa shape index (κ2) is 5.75. The summed E-state index contributed by atoms with van der Waals surface area (Å²) in [5, 5.41) is 6.87. The van der Waals surface area contributed by atoms with Gasteiger partial charge in [-0.25, -0.2) is 4.98 Å². The number of piperidine rings is 1. The molecular weight excluding hydrogens is 218 g/mol. The van der Waals surface area contributed by atoms with Crippen molar-refractivity contribution in [3.8, 4) is 0 Å². The second-order valence-electron chi connectivity index (χ2n) is 4.48. The van der Waals surface area contributed by atoms with E-state index in [1.54, 1.807) is 11.3 Å². The molecule has 3 nitrogen and oxygen atoms in total. The molecule has 1 N–H and O–H groups in total. The number of rotatable bonds is 4. The van der Waals surface area contributed by atoms with Crippen LogP contribution in [0.25, 0.3) is 0 Å². The smallest absolute Gasteiger partial charge is 0.0926 e. The lowest BCUT2D eigenvalue weighted by atomic mass is 10.1. The molecule has 1 saturated heterocycles. The van der Waals surface area contributed by atoms with Crippen molar-refractivity contribution in [2.75, 3.05) is 20.1 Å². The summed E-state index contributed by atoms with van der Waals surface area (Å²) in [6.07, 6.45) is 3.59. The van der Waals surface area contributed by atoms with E-state index < -0.39 is 0 Å². The lowest BCUT2D eigenvalue weighted by Crippen LogP contribution is -2.40. The minimum atomic E-state index is 0.730. The maximum absolute atomic E-state index is 4.62. The first-order valence-corrected chi connectivity index (χ1v) is 7.01. The number of nitrogens with one attached hydrogen (secondary N) is 1. The average Bonchev–Trinajstić information content (AvgIpc) is 2.78. The monoisotopic (exact) mass is 239 g/mol. The zero-order chi connectivity index (χ0) is 11.4. The molecule has 4 heteroatoms. The van der Waals surface area contributed by atoms with Crippen molar-refractivity contribution < 1.29 is 0 Å². The number of nitrogens with zero attached hydrogens (tertiary/aromatic N) is 2. The predicted octanol–water partition coefficient (Wildman–Crippen LogP) is 1.89. The molecule has 1 aromatic rings. The highest BCUT2D eigenvalue weighted by atomic mass is 32.1. The third-order valence-corrected chi connectivity index (χ3v) is 4.29. The molecule has 16 heavy (non-hydrogen) atoms. The Morgan fingerprint density at radius 1 is 1.50 bits per heavy atom.